The number of carbonyl (C=O) groups excluding carboxylic acids is 1. The fraction of sp³-hybridized carbons (Fsp3) is 0.171. The molecule has 3 heterocycles. The Balaban J connectivity index is 1.36. The van der Waals surface area contributed by atoms with Gasteiger partial charge in [0.1, 0.15) is 11.5 Å². The number of anilines is 2. The van der Waals surface area contributed by atoms with E-state index in [1.54, 1.807) is 42.5 Å². The van der Waals surface area contributed by atoms with Crippen LogP contribution in [0, 0.1) is 11.3 Å². The zero-order chi connectivity index (χ0) is 29.6. The lowest BCUT2D eigenvalue weighted by Gasteiger charge is -2.30. The van der Waals surface area contributed by atoms with Gasteiger partial charge in [-0.3, -0.25) is 9.78 Å². The number of amides is 1. The van der Waals surface area contributed by atoms with Crippen LogP contribution in [0.2, 0.25) is 0 Å². The SMILES string of the molecule is COc1ccccc1-c1ncccc1CN(C(=O)c1ccc(-c2ccc(C#N)cc2)o1)c1ccc(N2CCNCC2)cc1. The summed E-state index contributed by atoms with van der Waals surface area (Å²) >= 11 is 0. The van der Waals surface area contributed by atoms with E-state index in [0.717, 1.165) is 59.9 Å². The van der Waals surface area contributed by atoms with Crippen molar-refractivity contribution in [3.05, 3.63) is 120 Å². The van der Waals surface area contributed by atoms with E-state index in [2.05, 4.69) is 28.4 Å². The molecule has 0 atom stereocenters. The smallest absolute Gasteiger partial charge is 0.294 e. The van der Waals surface area contributed by atoms with Gasteiger partial charge in [0.15, 0.2) is 5.76 Å². The standard InChI is InChI=1S/C35H31N5O3/c1-42-32-7-3-2-6-30(32)34-27(5-4-18-38-34)24-40(29-14-12-28(13-15-29)39-21-19-37-20-22-39)35(41)33-17-16-31(43-33)26-10-8-25(23-36)9-11-26/h2-18,37H,19-22,24H2,1H3. The topological polar surface area (TPSA) is 94.6 Å². The van der Waals surface area contributed by atoms with Gasteiger partial charge in [-0.2, -0.15) is 5.26 Å². The number of nitrogens with zero attached hydrogens (tertiary/aromatic N) is 4. The predicted molar refractivity (Wildman–Crippen MR) is 167 cm³/mol. The summed E-state index contributed by atoms with van der Waals surface area (Å²) in [6.07, 6.45) is 1.75. The molecule has 1 N–H and O–H groups in total. The van der Waals surface area contributed by atoms with Crippen molar-refractivity contribution in [1.82, 2.24) is 10.3 Å². The number of rotatable bonds is 8. The number of benzene rings is 3. The number of ether oxygens (including phenoxy) is 1. The summed E-state index contributed by atoms with van der Waals surface area (Å²) in [5.74, 6) is 1.20. The molecule has 0 saturated carbocycles. The second kappa shape index (κ2) is 12.6. The van der Waals surface area contributed by atoms with Gasteiger partial charge >= 0.3 is 0 Å². The number of aromatic nitrogens is 1. The first-order valence-electron chi connectivity index (χ1n) is 14.2. The molecule has 1 fully saturated rings. The summed E-state index contributed by atoms with van der Waals surface area (Å²) in [6.45, 7) is 4.02. The fourth-order valence-corrected chi connectivity index (χ4v) is 5.32. The molecular formula is C35H31N5O3. The Hall–Kier alpha value is -5.39. The van der Waals surface area contributed by atoms with E-state index in [1.807, 2.05) is 60.7 Å². The first-order chi connectivity index (χ1) is 21.1. The number of nitrogens with one attached hydrogen (secondary N) is 1. The van der Waals surface area contributed by atoms with Crippen molar-refractivity contribution in [3.63, 3.8) is 0 Å². The van der Waals surface area contributed by atoms with Crippen molar-refractivity contribution in [2.45, 2.75) is 6.54 Å². The van der Waals surface area contributed by atoms with Gasteiger partial charge in [0.25, 0.3) is 5.91 Å². The first-order valence-corrected chi connectivity index (χ1v) is 14.2. The molecule has 3 aromatic carbocycles. The third kappa shape index (κ3) is 5.98. The van der Waals surface area contributed by atoms with E-state index < -0.39 is 0 Å². The number of hydrogen-bond donors (Lipinski definition) is 1. The average molecular weight is 570 g/mol. The second-order valence-corrected chi connectivity index (χ2v) is 10.2. The van der Waals surface area contributed by atoms with E-state index >= 15 is 0 Å². The molecule has 2 aromatic heterocycles. The van der Waals surface area contributed by atoms with E-state index in [0.29, 0.717) is 17.1 Å². The molecule has 0 spiro atoms. The van der Waals surface area contributed by atoms with Crippen LogP contribution in [0.15, 0.2) is 108 Å². The first kappa shape index (κ1) is 27.8. The minimum absolute atomic E-state index is 0.216. The van der Waals surface area contributed by atoms with E-state index in [4.69, 9.17) is 19.4 Å². The average Bonchev–Trinajstić information content (AvgIpc) is 3.58. The lowest BCUT2D eigenvalue weighted by atomic mass is 10.0. The van der Waals surface area contributed by atoms with Crippen LogP contribution in [0.4, 0.5) is 11.4 Å². The van der Waals surface area contributed by atoms with Gasteiger partial charge in [0.2, 0.25) is 0 Å². The molecule has 0 unspecified atom stereocenters. The zero-order valence-electron chi connectivity index (χ0n) is 23.9. The summed E-state index contributed by atoms with van der Waals surface area (Å²) in [5.41, 5.74) is 5.67. The van der Waals surface area contributed by atoms with Gasteiger partial charge in [-0.05, 0) is 84.4 Å². The molecule has 1 saturated heterocycles. The van der Waals surface area contributed by atoms with Crippen LogP contribution < -0.4 is 19.9 Å². The molecule has 1 aliphatic rings. The number of methoxy groups -OCH3 is 1. The van der Waals surface area contributed by atoms with Crippen molar-refractivity contribution >= 4 is 17.3 Å². The van der Waals surface area contributed by atoms with Gasteiger partial charge in [0.05, 0.1) is 31.0 Å². The Morgan fingerprint density at radius 2 is 1.74 bits per heavy atom. The number of hydrogen-bond acceptors (Lipinski definition) is 7. The Morgan fingerprint density at radius 3 is 2.49 bits per heavy atom. The highest BCUT2D eigenvalue weighted by atomic mass is 16.5. The number of furan rings is 1. The molecule has 5 aromatic rings. The normalized spacial score (nSPS) is 12.9. The van der Waals surface area contributed by atoms with Crippen LogP contribution in [-0.4, -0.2) is 44.2 Å². The van der Waals surface area contributed by atoms with E-state index in [1.165, 1.54) is 0 Å². The van der Waals surface area contributed by atoms with Gasteiger partial charge in [-0.1, -0.05) is 18.2 Å². The summed E-state index contributed by atoms with van der Waals surface area (Å²) in [7, 11) is 1.64. The monoisotopic (exact) mass is 569 g/mol. The molecular weight excluding hydrogens is 538 g/mol. The van der Waals surface area contributed by atoms with Crippen LogP contribution >= 0.6 is 0 Å². The number of nitriles is 1. The molecule has 8 heteroatoms. The minimum atomic E-state index is -0.273. The number of para-hydroxylation sites is 1. The molecule has 8 nitrogen and oxygen atoms in total. The minimum Gasteiger partial charge on any atom is -0.496 e. The molecule has 0 aliphatic carbocycles. The highest BCUT2D eigenvalue weighted by Crippen LogP contribution is 2.33. The zero-order valence-corrected chi connectivity index (χ0v) is 23.9. The van der Waals surface area contributed by atoms with Crippen molar-refractivity contribution in [1.29, 1.82) is 5.26 Å². The summed E-state index contributed by atoms with van der Waals surface area (Å²) < 4.78 is 11.7. The second-order valence-electron chi connectivity index (χ2n) is 10.2. The Bertz CT molecular complexity index is 1750. The number of piperazine rings is 1. The van der Waals surface area contributed by atoms with Crippen molar-refractivity contribution in [3.8, 4) is 34.4 Å². The van der Waals surface area contributed by atoms with Gasteiger partial charge in [-0.25, -0.2) is 0 Å². The Morgan fingerprint density at radius 1 is 0.977 bits per heavy atom. The van der Waals surface area contributed by atoms with Crippen LogP contribution in [-0.2, 0) is 6.54 Å². The van der Waals surface area contributed by atoms with Crippen LogP contribution in [0.3, 0.4) is 0 Å². The highest BCUT2D eigenvalue weighted by molar-refractivity contribution is 6.04. The van der Waals surface area contributed by atoms with E-state index in [-0.39, 0.29) is 18.2 Å². The Kier molecular flexibility index (Phi) is 8.16. The molecule has 0 radical (unpaired) electrons. The molecule has 43 heavy (non-hydrogen) atoms. The van der Waals surface area contributed by atoms with E-state index in [9.17, 15) is 4.79 Å². The van der Waals surface area contributed by atoms with Crippen molar-refractivity contribution in [2.24, 2.45) is 0 Å². The molecule has 1 amide bonds. The third-order valence-corrected chi connectivity index (χ3v) is 7.59. The summed E-state index contributed by atoms with van der Waals surface area (Å²) in [5, 5.41) is 12.5. The molecule has 0 bridgehead atoms. The lowest BCUT2D eigenvalue weighted by Crippen LogP contribution is -2.43. The third-order valence-electron chi connectivity index (χ3n) is 7.59. The van der Waals surface area contributed by atoms with Crippen LogP contribution in [0.25, 0.3) is 22.6 Å². The molecule has 1 aliphatic heterocycles. The number of carbonyl (C=O) groups is 1. The van der Waals surface area contributed by atoms with Crippen molar-refractivity contribution < 1.29 is 13.9 Å². The number of pyridine rings is 1. The maximum absolute atomic E-state index is 14.2. The maximum atomic E-state index is 14.2. The van der Waals surface area contributed by atoms with Crippen molar-refractivity contribution in [2.75, 3.05) is 43.1 Å². The quantitative estimate of drug-likeness (QED) is 0.240. The van der Waals surface area contributed by atoms with Crippen LogP contribution in [0.5, 0.6) is 5.75 Å². The fourth-order valence-electron chi connectivity index (χ4n) is 5.32. The van der Waals surface area contributed by atoms with Crippen LogP contribution in [0.1, 0.15) is 21.7 Å². The maximum Gasteiger partial charge on any atom is 0.294 e. The van der Waals surface area contributed by atoms with Gasteiger partial charge in [-0.15, -0.1) is 0 Å². The summed E-state index contributed by atoms with van der Waals surface area (Å²) in [6, 6.07) is 32.4. The largest absolute Gasteiger partial charge is 0.496 e. The lowest BCUT2D eigenvalue weighted by molar-refractivity contribution is 0.0959. The molecule has 6 rings (SSSR count). The Labute approximate surface area is 250 Å². The predicted octanol–water partition coefficient (Wildman–Crippen LogP) is 6.15. The summed E-state index contributed by atoms with van der Waals surface area (Å²) in [4.78, 5) is 22.9. The highest BCUT2D eigenvalue weighted by Gasteiger charge is 2.24. The van der Waals surface area contributed by atoms with Gasteiger partial charge < -0.3 is 24.3 Å². The van der Waals surface area contributed by atoms with Gasteiger partial charge in [0, 0.05) is 54.9 Å². The molecule has 214 valence electrons.